The van der Waals surface area contributed by atoms with Crippen molar-refractivity contribution in [2.75, 3.05) is 0 Å². The molecular formula is C13H15Cl2NO3S. The maximum Gasteiger partial charge on any atom is 0.261 e. The van der Waals surface area contributed by atoms with Crippen molar-refractivity contribution in [3.63, 3.8) is 0 Å². The molecule has 1 aliphatic rings. The van der Waals surface area contributed by atoms with Crippen molar-refractivity contribution in [1.29, 1.82) is 0 Å². The molecule has 4 nitrogen and oxygen atoms in total. The van der Waals surface area contributed by atoms with E-state index >= 15 is 0 Å². The van der Waals surface area contributed by atoms with Crippen LogP contribution in [0, 0.1) is 6.92 Å². The van der Waals surface area contributed by atoms with Gasteiger partial charge in [-0.2, -0.15) is 0 Å². The Balaban J connectivity index is 2.32. The van der Waals surface area contributed by atoms with Crippen molar-refractivity contribution in [3.8, 4) is 0 Å². The second kappa shape index (κ2) is 5.92. The minimum atomic E-state index is -3.93. The van der Waals surface area contributed by atoms with Gasteiger partial charge in [0.2, 0.25) is 0 Å². The van der Waals surface area contributed by atoms with Gasteiger partial charge in [-0.05, 0) is 37.5 Å². The van der Waals surface area contributed by atoms with Crippen LogP contribution in [0.5, 0.6) is 0 Å². The first-order chi connectivity index (χ1) is 9.29. The van der Waals surface area contributed by atoms with Gasteiger partial charge in [0.1, 0.15) is 0 Å². The van der Waals surface area contributed by atoms with E-state index in [-0.39, 0.29) is 27.4 Å². The summed E-state index contributed by atoms with van der Waals surface area (Å²) >= 11 is 5.98. The average molecular weight is 336 g/mol. The van der Waals surface area contributed by atoms with Crippen LogP contribution in [-0.4, -0.2) is 20.4 Å². The van der Waals surface area contributed by atoms with Crippen molar-refractivity contribution in [2.45, 2.75) is 43.5 Å². The molecule has 1 saturated carbocycles. The van der Waals surface area contributed by atoms with Gasteiger partial charge in [-0.15, -0.1) is 0 Å². The fraction of sp³-hybridized carbons (Fsp3) is 0.462. The Morgan fingerprint density at radius 2 is 1.90 bits per heavy atom. The van der Waals surface area contributed by atoms with Gasteiger partial charge >= 0.3 is 0 Å². The minimum Gasteiger partial charge on any atom is -0.349 e. The van der Waals surface area contributed by atoms with Crippen LogP contribution in [-0.2, 0) is 9.05 Å². The Morgan fingerprint density at radius 3 is 2.45 bits per heavy atom. The fourth-order valence-corrected chi connectivity index (χ4v) is 3.88. The van der Waals surface area contributed by atoms with Crippen molar-refractivity contribution in [2.24, 2.45) is 0 Å². The van der Waals surface area contributed by atoms with E-state index < -0.39 is 9.05 Å². The normalized spacial score (nSPS) is 16.4. The SMILES string of the molecule is Cc1c(Cl)cc(C(=O)NC2CCCC2)cc1S(=O)(=O)Cl. The molecule has 0 bridgehead atoms. The molecule has 0 atom stereocenters. The number of carbonyl (C=O) groups excluding carboxylic acids is 1. The lowest BCUT2D eigenvalue weighted by Crippen LogP contribution is -2.32. The molecule has 20 heavy (non-hydrogen) atoms. The molecule has 0 heterocycles. The van der Waals surface area contributed by atoms with Gasteiger partial charge in [0, 0.05) is 27.3 Å². The number of rotatable bonds is 3. The number of hydrogen-bond acceptors (Lipinski definition) is 3. The van der Waals surface area contributed by atoms with E-state index in [9.17, 15) is 13.2 Å². The average Bonchev–Trinajstić information content (AvgIpc) is 2.83. The first kappa shape index (κ1) is 15.6. The monoisotopic (exact) mass is 335 g/mol. The van der Waals surface area contributed by atoms with Gasteiger partial charge in [-0.3, -0.25) is 4.79 Å². The molecule has 0 aliphatic heterocycles. The molecule has 2 rings (SSSR count). The van der Waals surface area contributed by atoms with E-state index in [1.54, 1.807) is 6.92 Å². The summed E-state index contributed by atoms with van der Waals surface area (Å²) in [4.78, 5) is 12.0. The van der Waals surface area contributed by atoms with Gasteiger partial charge in [0.05, 0.1) is 4.90 Å². The molecule has 0 radical (unpaired) electrons. The Labute approximate surface area is 127 Å². The van der Waals surface area contributed by atoms with E-state index in [2.05, 4.69) is 5.32 Å². The second-order valence-electron chi connectivity index (χ2n) is 4.97. The maximum atomic E-state index is 12.1. The smallest absolute Gasteiger partial charge is 0.261 e. The highest BCUT2D eigenvalue weighted by atomic mass is 35.7. The van der Waals surface area contributed by atoms with Crippen LogP contribution in [0.25, 0.3) is 0 Å². The summed E-state index contributed by atoms with van der Waals surface area (Å²) in [6.07, 6.45) is 4.10. The maximum absolute atomic E-state index is 12.1. The van der Waals surface area contributed by atoms with Crippen molar-refractivity contribution in [1.82, 2.24) is 5.32 Å². The summed E-state index contributed by atoms with van der Waals surface area (Å²) in [6, 6.07) is 2.89. The third-order valence-corrected chi connectivity index (χ3v) is 5.35. The molecule has 0 aromatic heterocycles. The van der Waals surface area contributed by atoms with Crippen LogP contribution in [0.2, 0.25) is 5.02 Å². The van der Waals surface area contributed by atoms with Crippen LogP contribution < -0.4 is 5.32 Å². The molecule has 1 aromatic carbocycles. The predicted octanol–water partition coefficient (Wildman–Crippen LogP) is 3.25. The standard InChI is InChI=1S/C13H15Cl2NO3S/c1-8-11(14)6-9(7-12(8)20(15,18)19)13(17)16-10-4-2-3-5-10/h6-7,10H,2-5H2,1H3,(H,16,17). The summed E-state index contributed by atoms with van der Waals surface area (Å²) in [5.74, 6) is -0.319. The van der Waals surface area contributed by atoms with Gasteiger partial charge in [-0.1, -0.05) is 24.4 Å². The largest absolute Gasteiger partial charge is 0.349 e. The predicted molar refractivity (Wildman–Crippen MR) is 79.0 cm³/mol. The second-order valence-corrected chi connectivity index (χ2v) is 7.92. The Kier molecular flexibility index (Phi) is 4.62. The minimum absolute atomic E-state index is 0.122. The van der Waals surface area contributed by atoms with Crippen molar-refractivity contribution in [3.05, 3.63) is 28.3 Å². The zero-order chi connectivity index (χ0) is 14.9. The molecule has 1 aromatic rings. The molecule has 1 amide bonds. The van der Waals surface area contributed by atoms with Crippen LogP contribution in [0.1, 0.15) is 41.6 Å². The molecule has 7 heteroatoms. The van der Waals surface area contributed by atoms with Crippen LogP contribution in [0.4, 0.5) is 0 Å². The van der Waals surface area contributed by atoms with Gasteiger partial charge < -0.3 is 5.32 Å². The highest BCUT2D eigenvalue weighted by Gasteiger charge is 2.22. The van der Waals surface area contributed by atoms with E-state index in [1.165, 1.54) is 12.1 Å². The first-order valence-corrected chi connectivity index (χ1v) is 9.03. The van der Waals surface area contributed by atoms with Crippen LogP contribution >= 0.6 is 22.3 Å². The van der Waals surface area contributed by atoms with Crippen LogP contribution in [0.15, 0.2) is 17.0 Å². The Hall–Kier alpha value is -0.780. The molecule has 1 fully saturated rings. The highest BCUT2D eigenvalue weighted by Crippen LogP contribution is 2.28. The summed E-state index contributed by atoms with van der Waals surface area (Å²) < 4.78 is 23.0. The van der Waals surface area contributed by atoms with Gasteiger partial charge in [0.25, 0.3) is 15.0 Å². The van der Waals surface area contributed by atoms with E-state index in [0.29, 0.717) is 5.56 Å². The first-order valence-electron chi connectivity index (χ1n) is 6.34. The highest BCUT2D eigenvalue weighted by molar-refractivity contribution is 8.13. The van der Waals surface area contributed by atoms with Crippen molar-refractivity contribution < 1.29 is 13.2 Å². The molecule has 110 valence electrons. The van der Waals surface area contributed by atoms with E-state index in [4.69, 9.17) is 22.3 Å². The lowest BCUT2D eigenvalue weighted by atomic mass is 10.1. The topological polar surface area (TPSA) is 63.2 Å². The zero-order valence-corrected chi connectivity index (χ0v) is 13.3. The molecular weight excluding hydrogens is 321 g/mol. The summed E-state index contributed by atoms with van der Waals surface area (Å²) in [7, 11) is 1.43. The number of carbonyl (C=O) groups is 1. The molecule has 0 saturated heterocycles. The van der Waals surface area contributed by atoms with Gasteiger partial charge in [-0.25, -0.2) is 8.42 Å². The van der Waals surface area contributed by atoms with E-state index in [1.807, 2.05) is 0 Å². The summed E-state index contributed by atoms with van der Waals surface area (Å²) in [6.45, 7) is 1.55. The van der Waals surface area contributed by atoms with Crippen LogP contribution in [0.3, 0.4) is 0 Å². The summed E-state index contributed by atoms with van der Waals surface area (Å²) in [5, 5.41) is 3.10. The third-order valence-electron chi connectivity index (χ3n) is 3.51. The van der Waals surface area contributed by atoms with Crippen molar-refractivity contribution >= 4 is 37.2 Å². The lowest BCUT2D eigenvalue weighted by Gasteiger charge is -2.13. The molecule has 0 unspecified atom stereocenters. The molecule has 1 aliphatic carbocycles. The fourth-order valence-electron chi connectivity index (χ4n) is 2.38. The van der Waals surface area contributed by atoms with E-state index in [0.717, 1.165) is 25.7 Å². The number of halogens is 2. The number of hydrogen-bond donors (Lipinski definition) is 1. The lowest BCUT2D eigenvalue weighted by molar-refractivity contribution is 0.0937. The van der Waals surface area contributed by atoms with Gasteiger partial charge in [0.15, 0.2) is 0 Å². The summed E-state index contributed by atoms with van der Waals surface area (Å²) in [5.41, 5.74) is 0.561. The third kappa shape index (κ3) is 3.45. The zero-order valence-electron chi connectivity index (χ0n) is 10.9. The molecule has 1 N–H and O–H groups in total. The molecule has 0 spiro atoms. The Morgan fingerprint density at radius 1 is 1.30 bits per heavy atom. The number of benzene rings is 1. The number of amides is 1. The number of nitrogens with one attached hydrogen (secondary N) is 1. The quantitative estimate of drug-likeness (QED) is 0.862. The Bertz CT molecular complexity index is 637.